The molecule has 1 aliphatic carbocycles. The molecule has 1 rings (SSSR count). The minimum absolute atomic E-state index is 0.0505. The summed E-state index contributed by atoms with van der Waals surface area (Å²) in [6, 6.07) is 0. The summed E-state index contributed by atoms with van der Waals surface area (Å²) in [6.45, 7) is 2.27. The van der Waals surface area contributed by atoms with Crippen molar-refractivity contribution in [2.45, 2.75) is 63.7 Å². The number of hydrogen-bond donors (Lipinski definition) is 1. The van der Waals surface area contributed by atoms with E-state index in [1.54, 1.807) is 0 Å². The summed E-state index contributed by atoms with van der Waals surface area (Å²) in [4.78, 5) is 11.1. The highest BCUT2D eigenvalue weighted by molar-refractivity contribution is 6.20. The van der Waals surface area contributed by atoms with Gasteiger partial charge in [0.25, 0.3) is 0 Å². The first-order chi connectivity index (χ1) is 7.59. The number of carboxylic acid groups (broad SMARTS) is 1. The van der Waals surface area contributed by atoms with E-state index >= 15 is 0 Å². The fourth-order valence-corrected chi connectivity index (χ4v) is 2.85. The first-order valence-corrected chi connectivity index (χ1v) is 6.90. The molecule has 0 aromatic carbocycles. The molecule has 0 bridgehead atoms. The van der Waals surface area contributed by atoms with E-state index in [2.05, 4.69) is 6.92 Å². The van der Waals surface area contributed by atoms with E-state index < -0.39 is 5.97 Å². The first-order valence-electron chi connectivity index (χ1n) is 6.46. The second-order valence-corrected chi connectivity index (χ2v) is 5.81. The van der Waals surface area contributed by atoms with Crippen molar-refractivity contribution in [1.82, 2.24) is 0 Å². The molecule has 0 aromatic rings. The van der Waals surface area contributed by atoms with Gasteiger partial charge in [0.05, 0.1) is 5.92 Å². The van der Waals surface area contributed by atoms with Gasteiger partial charge in [0, 0.05) is 5.38 Å². The van der Waals surface area contributed by atoms with Gasteiger partial charge in [0.15, 0.2) is 0 Å². The lowest BCUT2D eigenvalue weighted by Crippen LogP contribution is -2.18. The molecule has 3 unspecified atom stereocenters. The molecule has 2 nitrogen and oxygen atoms in total. The van der Waals surface area contributed by atoms with Crippen molar-refractivity contribution in [1.29, 1.82) is 0 Å². The minimum atomic E-state index is -0.669. The maximum Gasteiger partial charge on any atom is 0.306 e. The van der Waals surface area contributed by atoms with Crippen LogP contribution in [0.4, 0.5) is 0 Å². The van der Waals surface area contributed by atoms with Crippen LogP contribution in [0.3, 0.4) is 0 Å². The van der Waals surface area contributed by atoms with Gasteiger partial charge in [-0.05, 0) is 25.2 Å². The fourth-order valence-electron chi connectivity index (χ4n) is 2.48. The molecule has 16 heavy (non-hydrogen) atoms. The molecule has 3 heteroatoms. The van der Waals surface area contributed by atoms with E-state index in [4.69, 9.17) is 16.7 Å². The Morgan fingerprint density at radius 3 is 2.44 bits per heavy atom. The van der Waals surface area contributed by atoms with Gasteiger partial charge < -0.3 is 5.11 Å². The third-order valence-corrected chi connectivity index (χ3v) is 4.00. The number of halogens is 1. The van der Waals surface area contributed by atoms with Crippen molar-refractivity contribution >= 4 is 17.6 Å². The zero-order valence-corrected chi connectivity index (χ0v) is 10.9. The van der Waals surface area contributed by atoms with E-state index in [1.807, 2.05) is 0 Å². The molecule has 0 radical (unpaired) electrons. The summed E-state index contributed by atoms with van der Waals surface area (Å²) < 4.78 is 0. The smallest absolute Gasteiger partial charge is 0.306 e. The molecule has 3 atom stereocenters. The molecular formula is C13H23ClO2. The number of aliphatic carboxylic acids is 1. The molecule has 0 spiro atoms. The summed E-state index contributed by atoms with van der Waals surface area (Å²) in [5, 5.41) is 9.16. The maximum absolute atomic E-state index is 11.1. The summed E-state index contributed by atoms with van der Waals surface area (Å²) in [5.41, 5.74) is 0. The molecule has 1 aliphatic rings. The topological polar surface area (TPSA) is 37.3 Å². The largest absolute Gasteiger partial charge is 0.481 e. The molecule has 1 fully saturated rings. The molecule has 0 aliphatic heterocycles. The molecule has 0 amide bonds. The fraction of sp³-hybridized carbons (Fsp3) is 0.923. The zero-order valence-electron chi connectivity index (χ0n) is 10.1. The van der Waals surface area contributed by atoms with Crippen LogP contribution in [-0.4, -0.2) is 16.5 Å². The number of hydrogen-bond acceptors (Lipinski definition) is 1. The number of rotatable bonds is 1. The van der Waals surface area contributed by atoms with Crippen LogP contribution in [0, 0.1) is 11.8 Å². The normalized spacial score (nSPS) is 34.0. The van der Waals surface area contributed by atoms with E-state index in [0.717, 1.165) is 38.0 Å². The molecule has 0 aromatic heterocycles. The van der Waals surface area contributed by atoms with Crippen LogP contribution in [0.25, 0.3) is 0 Å². The summed E-state index contributed by atoms with van der Waals surface area (Å²) in [6.07, 6.45) is 8.25. The molecular weight excluding hydrogens is 224 g/mol. The van der Waals surface area contributed by atoms with Crippen LogP contribution in [-0.2, 0) is 4.79 Å². The highest BCUT2D eigenvalue weighted by atomic mass is 35.5. The molecule has 94 valence electrons. The van der Waals surface area contributed by atoms with E-state index in [-0.39, 0.29) is 11.3 Å². The van der Waals surface area contributed by atoms with Gasteiger partial charge >= 0.3 is 5.97 Å². The average molecular weight is 247 g/mol. The summed E-state index contributed by atoms with van der Waals surface area (Å²) in [5.74, 6) is -0.160. The van der Waals surface area contributed by atoms with Crippen molar-refractivity contribution in [2.24, 2.45) is 11.8 Å². The van der Waals surface area contributed by atoms with Crippen LogP contribution >= 0.6 is 11.6 Å². The predicted octanol–water partition coefficient (Wildman–Crippen LogP) is 4.07. The Balaban J connectivity index is 2.50. The van der Waals surface area contributed by atoms with Gasteiger partial charge in [-0.3, -0.25) is 4.79 Å². The highest BCUT2D eigenvalue weighted by Crippen LogP contribution is 2.26. The second kappa shape index (κ2) is 7.16. The second-order valence-electron chi connectivity index (χ2n) is 5.19. The SMILES string of the molecule is CC1CCCCC(Cl)CC(C(=O)O)CCC1. The van der Waals surface area contributed by atoms with E-state index in [9.17, 15) is 4.79 Å². The van der Waals surface area contributed by atoms with Gasteiger partial charge in [0.1, 0.15) is 0 Å². The van der Waals surface area contributed by atoms with Crippen molar-refractivity contribution < 1.29 is 9.90 Å². The van der Waals surface area contributed by atoms with Crippen LogP contribution in [0.5, 0.6) is 0 Å². The molecule has 0 heterocycles. The third kappa shape index (κ3) is 5.20. The van der Waals surface area contributed by atoms with Gasteiger partial charge in [-0.2, -0.15) is 0 Å². The Morgan fingerprint density at radius 2 is 1.75 bits per heavy atom. The average Bonchev–Trinajstić information content (AvgIpc) is 2.25. The predicted molar refractivity (Wildman–Crippen MR) is 66.9 cm³/mol. The van der Waals surface area contributed by atoms with Gasteiger partial charge in [-0.25, -0.2) is 0 Å². The lowest BCUT2D eigenvalue weighted by atomic mass is 9.93. The Bertz CT molecular complexity index is 218. The Hall–Kier alpha value is -0.240. The lowest BCUT2D eigenvalue weighted by Gasteiger charge is -2.15. The van der Waals surface area contributed by atoms with Crippen LogP contribution < -0.4 is 0 Å². The Labute approximate surface area is 103 Å². The minimum Gasteiger partial charge on any atom is -0.481 e. The lowest BCUT2D eigenvalue weighted by molar-refractivity contribution is -0.142. The van der Waals surface area contributed by atoms with Gasteiger partial charge in [-0.1, -0.05) is 39.0 Å². The highest BCUT2D eigenvalue weighted by Gasteiger charge is 2.22. The zero-order chi connectivity index (χ0) is 12.0. The molecule has 1 saturated carbocycles. The quantitative estimate of drug-likeness (QED) is 0.709. The first kappa shape index (κ1) is 13.8. The van der Waals surface area contributed by atoms with Crippen LogP contribution in [0.15, 0.2) is 0 Å². The van der Waals surface area contributed by atoms with Crippen molar-refractivity contribution in [3.05, 3.63) is 0 Å². The molecule has 1 N–H and O–H groups in total. The third-order valence-electron chi connectivity index (χ3n) is 3.60. The van der Waals surface area contributed by atoms with Crippen LogP contribution in [0.1, 0.15) is 58.3 Å². The van der Waals surface area contributed by atoms with Crippen LogP contribution in [0.2, 0.25) is 0 Å². The Morgan fingerprint density at radius 1 is 1.12 bits per heavy atom. The van der Waals surface area contributed by atoms with Crippen molar-refractivity contribution in [3.8, 4) is 0 Å². The number of alkyl halides is 1. The van der Waals surface area contributed by atoms with E-state index in [1.165, 1.54) is 12.8 Å². The Kier molecular flexibility index (Phi) is 6.18. The van der Waals surface area contributed by atoms with Crippen molar-refractivity contribution in [3.63, 3.8) is 0 Å². The van der Waals surface area contributed by atoms with E-state index in [0.29, 0.717) is 6.42 Å². The van der Waals surface area contributed by atoms with Gasteiger partial charge in [-0.15, -0.1) is 11.6 Å². The van der Waals surface area contributed by atoms with Crippen molar-refractivity contribution in [2.75, 3.05) is 0 Å². The standard InChI is InChI=1S/C13H23ClO2/c1-10-5-2-3-8-12(14)9-11(13(15)16)7-4-6-10/h10-12H,2-9H2,1H3,(H,15,16). The summed E-state index contributed by atoms with van der Waals surface area (Å²) >= 11 is 6.18. The summed E-state index contributed by atoms with van der Waals surface area (Å²) in [7, 11) is 0. The number of carboxylic acids is 1. The molecule has 0 saturated heterocycles. The number of carbonyl (C=O) groups is 1. The maximum atomic E-state index is 11.1. The monoisotopic (exact) mass is 246 g/mol. The van der Waals surface area contributed by atoms with Gasteiger partial charge in [0.2, 0.25) is 0 Å².